The molecule has 6 nitrogen and oxygen atoms in total. The number of piperazine rings is 1. The van der Waals surface area contributed by atoms with Gasteiger partial charge in [-0.2, -0.15) is 0 Å². The molecule has 1 N–H and O–H groups in total. The van der Waals surface area contributed by atoms with Gasteiger partial charge in [-0.1, -0.05) is 31.1 Å². The van der Waals surface area contributed by atoms with Gasteiger partial charge >= 0.3 is 0 Å². The molecule has 3 rings (SSSR count). The van der Waals surface area contributed by atoms with Gasteiger partial charge in [0.15, 0.2) is 0 Å². The van der Waals surface area contributed by atoms with Crippen molar-refractivity contribution in [3.05, 3.63) is 47.3 Å². The van der Waals surface area contributed by atoms with Gasteiger partial charge in [-0.05, 0) is 24.2 Å². The maximum Gasteiger partial charge on any atom is 0.260 e. The number of anilines is 1. The van der Waals surface area contributed by atoms with Crippen molar-refractivity contribution in [2.24, 2.45) is 0 Å². The van der Waals surface area contributed by atoms with E-state index >= 15 is 0 Å². The minimum absolute atomic E-state index is 0.179. The van der Waals surface area contributed by atoms with Gasteiger partial charge in [0, 0.05) is 44.8 Å². The van der Waals surface area contributed by atoms with E-state index in [-0.39, 0.29) is 5.91 Å². The van der Waals surface area contributed by atoms with Gasteiger partial charge in [0.2, 0.25) is 0 Å². The van der Waals surface area contributed by atoms with Crippen molar-refractivity contribution in [3.63, 3.8) is 0 Å². The highest BCUT2D eigenvalue weighted by Gasteiger charge is 2.16. The maximum absolute atomic E-state index is 12.3. The molecule has 1 aromatic carbocycles. The van der Waals surface area contributed by atoms with Crippen LogP contribution in [0.1, 0.15) is 35.5 Å². The monoisotopic (exact) mass is 342 g/mol. The number of carbonyl (C=O) groups excluding carboxylic acids is 1. The predicted molar refractivity (Wildman–Crippen MR) is 97.7 cm³/mol. The topological polar surface area (TPSA) is 61.6 Å². The van der Waals surface area contributed by atoms with E-state index in [2.05, 4.69) is 39.3 Å². The highest BCUT2D eigenvalue weighted by Crippen LogP contribution is 2.15. The van der Waals surface area contributed by atoms with E-state index in [9.17, 15) is 4.79 Å². The van der Waals surface area contributed by atoms with Crippen LogP contribution in [0.15, 0.2) is 35.0 Å². The molecule has 0 bridgehead atoms. The summed E-state index contributed by atoms with van der Waals surface area (Å²) < 4.78 is 5.07. The van der Waals surface area contributed by atoms with Crippen LogP contribution in [0, 0.1) is 0 Å². The highest BCUT2D eigenvalue weighted by molar-refractivity contribution is 6.04. The van der Waals surface area contributed by atoms with Crippen LogP contribution in [0.4, 0.5) is 5.69 Å². The molecule has 1 saturated heterocycles. The Bertz CT molecular complexity index is 688. The second kappa shape index (κ2) is 8.27. The first kappa shape index (κ1) is 17.6. The van der Waals surface area contributed by atoms with Crippen molar-refractivity contribution >= 4 is 11.6 Å². The van der Waals surface area contributed by atoms with Crippen molar-refractivity contribution in [2.75, 3.05) is 38.0 Å². The number of hydrogen-bond acceptors (Lipinski definition) is 5. The summed E-state index contributed by atoms with van der Waals surface area (Å²) in [6.45, 7) is 10.7. The Morgan fingerprint density at radius 2 is 1.80 bits per heavy atom. The Kier molecular flexibility index (Phi) is 5.83. The first-order chi connectivity index (χ1) is 12.2. The van der Waals surface area contributed by atoms with Crippen LogP contribution in [-0.2, 0) is 13.0 Å². The van der Waals surface area contributed by atoms with Gasteiger partial charge in [0.05, 0.1) is 6.20 Å². The van der Waals surface area contributed by atoms with Gasteiger partial charge in [-0.25, -0.2) is 0 Å². The minimum atomic E-state index is -0.179. The molecule has 2 heterocycles. The first-order valence-electron chi connectivity index (χ1n) is 8.98. The number of aromatic nitrogens is 1. The second-order valence-electron chi connectivity index (χ2n) is 6.38. The molecule has 0 aliphatic carbocycles. The Morgan fingerprint density at radius 3 is 2.44 bits per heavy atom. The second-order valence-corrected chi connectivity index (χ2v) is 6.38. The van der Waals surface area contributed by atoms with E-state index in [0.717, 1.165) is 45.0 Å². The number of nitrogens with zero attached hydrogens (tertiary/aromatic N) is 3. The van der Waals surface area contributed by atoms with Gasteiger partial charge in [-0.3, -0.25) is 9.69 Å². The van der Waals surface area contributed by atoms with Crippen LogP contribution in [-0.4, -0.2) is 53.6 Å². The molecule has 6 heteroatoms. The molecule has 1 fully saturated rings. The summed E-state index contributed by atoms with van der Waals surface area (Å²) in [6.07, 6.45) is 2.12. The van der Waals surface area contributed by atoms with Crippen molar-refractivity contribution < 1.29 is 9.32 Å². The lowest BCUT2D eigenvalue weighted by atomic mass is 10.1. The standard InChI is InChI=1S/C19H26N4O2/c1-3-18-17(13-20-25-18)19(24)21-16-7-5-15(6-8-16)14-23-11-9-22(4-2)10-12-23/h5-8,13H,3-4,9-12,14H2,1-2H3,(H,21,24). The van der Waals surface area contributed by atoms with E-state index in [0.29, 0.717) is 17.7 Å². The van der Waals surface area contributed by atoms with Crippen LogP contribution in [0.3, 0.4) is 0 Å². The number of benzene rings is 1. The molecule has 1 aromatic heterocycles. The fourth-order valence-corrected chi connectivity index (χ4v) is 3.12. The lowest BCUT2D eigenvalue weighted by Gasteiger charge is -2.34. The van der Waals surface area contributed by atoms with E-state index in [4.69, 9.17) is 4.52 Å². The third-order valence-electron chi connectivity index (χ3n) is 4.74. The average molecular weight is 342 g/mol. The van der Waals surface area contributed by atoms with E-state index < -0.39 is 0 Å². The summed E-state index contributed by atoms with van der Waals surface area (Å²) in [5, 5.41) is 6.61. The molecule has 0 spiro atoms. The zero-order valence-electron chi connectivity index (χ0n) is 15.0. The smallest absolute Gasteiger partial charge is 0.260 e. The SMILES string of the molecule is CCc1oncc1C(=O)Nc1ccc(CN2CCN(CC)CC2)cc1. The lowest BCUT2D eigenvalue weighted by Crippen LogP contribution is -2.45. The Morgan fingerprint density at radius 1 is 1.12 bits per heavy atom. The summed E-state index contributed by atoms with van der Waals surface area (Å²) in [6, 6.07) is 8.07. The zero-order valence-corrected chi connectivity index (χ0v) is 15.0. The quantitative estimate of drug-likeness (QED) is 0.874. The molecule has 1 aliphatic rings. The van der Waals surface area contributed by atoms with Gasteiger partial charge < -0.3 is 14.7 Å². The molecule has 0 atom stereocenters. The van der Waals surface area contributed by atoms with Crippen LogP contribution in [0.2, 0.25) is 0 Å². The number of hydrogen-bond donors (Lipinski definition) is 1. The van der Waals surface area contributed by atoms with Crippen molar-refractivity contribution in [2.45, 2.75) is 26.8 Å². The number of aryl methyl sites for hydroxylation is 1. The third-order valence-corrected chi connectivity index (χ3v) is 4.74. The summed E-state index contributed by atoms with van der Waals surface area (Å²) in [7, 11) is 0. The molecule has 2 aromatic rings. The van der Waals surface area contributed by atoms with Crippen LogP contribution in [0.25, 0.3) is 0 Å². The van der Waals surface area contributed by atoms with Crippen molar-refractivity contribution in [1.29, 1.82) is 0 Å². The molecule has 1 aliphatic heterocycles. The van der Waals surface area contributed by atoms with E-state index in [1.165, 1.54) is 11.8 Å². The lowest BCUT2D eigenvalue weighted by molar-refractivity contribution is 0.102. The van der Waals surface area contributed by atoms with E-state index in [1.54, 1.807) is 0 Å². The van der Waals surface area contributed by atoms with Crippen molar-refractivity contribution in [3.8, 4) is 0 Å². The maximum atomic E-state index is 12.3. The molecule has 134 valence electrons. The summed E-state index contributed by atoms with van der Waals surface area (Å²) >= 11 is 0. The van der Waals surface area contributed by atoms with E-state index in [1.807, 2.05) is 19.1 Å². The zero-order chi connectivity index (χ0) is 17.6. The molecular weight excluding hydrogens is 316 g/mol. The number of nitrogens with one attached hydrogen (secondary N) is 1. The minimum Gasteiger partial charge on any atom is -0.361 e. The average Bonchev–Trinajstić information content (AvgIpc) is 3.13. The van der Waals surface area contributed by atoms with Crippen LogP contribution in [0.5, 0.6) is 0 Å². The molecule has 0 unspecified atom stereocenters. The number of rotatable bonds is 6. The number of carbonyl (C=O) groups is 1. The van der Waals surface area contributed by atoms with Gasteiger partial charge in [0.1, 0.15) is 11.3 Å². The fourth-order valence-electron chi connectivity index (χ4n) is 3.12. The fraction of sp³-hybridized carbons (Fsp3) is 0.474. The van der Waals surface area contributed by atoms with Crippen molar-refractivity contribution in [1.82, 2.24) is 15.0 Å². The predicted octanol–water partition coefficient (Wildman–Crippen LogP) is 2.63. The summed E-state index contributed by atoms with van der Waals surface area (Å²) in [4.78, 5) is 17.2. The number of likely N-dealkylation sites (N-methyl/N-ethyl adjacent to an activating group) is 1. The Hall–Kier alpha value is -2.18. The van der Waals surface area contributed by atoms with Crippen LogP contribution < -0.4 is 5.32 Å². The Labute approximate surface area is 148 Å². The Balaban J connectivity index is 1.55. The first-order valence-corrected chi connectivity index (χ1v) is 8.98. The molecule has 0 saturated carbocycles. The molecular formula is C19H26N4O2. The summed E-state index contributed by atoms with van der Waals surface area (Å²) in [5.74, 6) is 0.432. The molecule has 1 amide bonds. The highest BCUT2D eigenvalue weighted by atomic mass is 16.5. The molecule has 25 heavy (non-hydrogen) atoms. The summed E-state index contributed by atoms with van der Waals surface area (Å²) in [5.41, 5.74) is 2.55. The van der Waals surface area contributed by atoms with Gasteiger partial charge in [-0.15, -0.1) is 0 Å². The van der Waals surface area contributed by atoms with Gasteiger partial charge in [0.25, 0.3) is 5.91 Å². The third kappa shape index (κ3) is 4.46. The molecule has 0 radical (unpaired) electrons. The normalized spacial score (nSPS) is 16.1. The largest absolute Gasteiger partial charge is 0.361 e. The number of amides is 1. The van der Waals surface area contributed by atoms with Crippen LogP contribution >= 0.6 is 0 Å².